The summed E-state index contributed by atoms with van der Waals surface area (Å²) >= 11 is 0. The molecule has 29 heavy (non-hydrogen) atoms. The summed E-state index contributed by atoms with van der Waals surface area (Å²) < 4.78 is 1.56. The number of ketones is 1. The van der Waals surface area contributed by atoms with E-state index in [4.69, 9.17) is 0 Å². The molecule has 4 aromatic rings. The normalized spacial score (nSPS) is 14.2. The van der Waals surface area contributed by atoms with E-state index in [-0.39, 0.29) is 17.9 Å². The Labute approximate surface area is 165 Å². The minimum absolute atomic E-state index is 0.0777. The summed E-state index contributed by atoms with van der Waals surface area (Å²) in [7, 11) is 0. The van der Waals surface area contributed by atoms with Gasteiger partial charge in [0.15, 0.2) is 11.4 Å². The van der Waals surface area contributed by atoms with Crippen LogP contribution >= 0.6 is 0 Å². The minimum atomic E-state index is -0.206. The molecule has 0 bridgehead atoms. The topological polar surface area (TPSA) is 109 Å². The van der Waals surface area contributed by atoms with Crippen molar-refractivity contribution < 1.29 is 4.79 Å². The number of H-pyrrole nitrogens is 2. The average Bonchev–Trinajstić information content (AvgIpc) is 3.34. The predicted molar refractivity (Wildman–Crippen MR) is 110 cm³/mol. The van der Waals surface area contributed by atoms with Crippen molar-refractivity contribution in [1.29, 1.82) is 0 Å². The van der Waals surface area contributed by atoms with E-state index >= 15 is 0 Å². The van der Waals surface area contributed by atoms with Crippen molar-refractivity contribution in [2.24, 2.45) is 4.99 Å². The molecule has 0 fully saturated rings. The third-order valence-corrected chi connectivity index (χ3v) is 5.21. The highest BCUT2D eigenvalue weighted by atomic mass is 16.1. The van der Waals surface area contributed by atoms with Crippen LogP contribution in [0.4, 0.5) is 0 Å². The van der Waals surface area contributed by atoms with Crippen molar-refractivity contribution in [1.82, 2.24) is 24.5 Å². The second-order valence-electron chi connectivity index (χ2n) is 7.04. The lowest BCUT2D eigenvalue weighted by atomic mass is 9.96. The van der Waals surface area contributed by atoms with E-state index in [2.05, 4.69) is 24.9 Å². The van der Waals surface area contributed by atoms with Gasteiger partial charge in [0.25, 0.3) is 5.56 Å². The van der Waals surface area contributed by atoms with Crippen LogP contribution in [0, 0.1) is 0 Å². The number of pyridine rings is 2. The summed E-state index contributed by atoms with van der Waals surface area (Å²) in [4.78, 5) is 45.0. The van der Waals surface area contributed by atoms with E-state index in [1.165, 1.54) is 0 Å². The van der Waals surface area contributed by atoms with Crippen molar-refractivity contribution >= 4 is 34.1 Å². The van der Waals surface area contributed by atoms with Gasteiger partial charge in [0, 0.05) is 47.0 Å². The predicted octanol–water partition coefficient (Wildman–Crippen LogP) is 2.97. The fourth-order valence-corrected chi connectivity index (χ4v) is 3.71. The number of imidazole rings is 1. The first kappa shape index (κ1) is 17.3. The van der Waals surface area contributed by atoms with Crippen LogP contribution in [0.15, 0.2) is 57.8 Å². The molecule has 8 nitrogen and oxygen atoms in total. The Balaban J connectivity index is 1.52. The number of fused-ring (bicyclic) bond motifs is 2. The van der Waals surface area contributed by atoms with Gasteiger partial charge >= 0.3 is 0 Å². The number of carbonyl (C=O) groups excluding carboxylic acids is 1. The Morgan fingerprint density at radius 2 is 2.21 bits per heavy atom. The first-order chi connectivity index (χ1) is 14.1. The van der Waals surface area contributed by atoms with Crippen LogP contribution in [-0.4, -0.2) is 36.5 Å². The molecule has 0 radical (unpaired) electrons. The number of nitrogens with one attached hydrogen (secondary N) is 2. The van der Waals surface area contributed by atoms with Gasteiger partial charge in [0.1, 0.15) is 11.3 Å². The molecule has 0 aromatic carbocycles. The molecular weight excluding hydrogens is 368 g/mol. The first-order valence-electron chi connectivity index (χ1n) is 9.39. The van der Waals surface area contributed by atoms with Crippen LogP contribution in [0.2, 0.25) is 0 Å². The van der Waals surface area contributed by atoms with Gasteiger partial charge in [-0.1, -0.05) is 0 Å². The average molecular weight is 386 g/mol. The van der Waals surface area contributed by atoms with E-state index in [0.29, 0.717) is 39.9 Å². The summed E-state index contributed by atoms with van der Waals surface area (Å²) in [6, 6.07) is 5.51. The van der Waals surface area contributed by atoms with Crippen LogP contribution < -0.4 is 5.56 Å². The second-order valence-corrected chi connectivity index (χ2v) is 7.04. The molecule has 0 spiro atoms. The summed E-state index contributed by atoms with van der Waals surface area (Å²) in [5.41, 5.74) is 3.58. The highest BCUT2D eigenvalue weighted by Gasteiger charge is 2.21. The summed E-state index contributed by atoms with van der Waals surface area (Å²) in [5, 5.41) is 0.623. The summed E-state index contributed by atoms with van der Waals surface area (Å²) in [6.45, 7) is 2.12. The first-order valence-corrected chi connectivity index (χ1v) is 9.39. The molecule has 0 aliphatic carbocycles. The van der Waals surface area contributed by atoms with Gasteiger partial charge in [-0.2, -0.15) is 0 Å². The molecule has 0 saturated carbocycles. The number of hydrogen-bond donors (Lipinski definition) is 2. The number of nitrogens with zero attached hydrogens (tertiary/aromatic N) is 4. The fourth-order valence-electron chi connectivity index (χ4n) is 3.71. The number of aliphatic imine (C=N–C) groups is 1. The van der Waals surface area contributed by atoms with Gasteiger partial charge in [-0.15, -0.1) is 0 Å². The van der Waals surface area contributed by atoms with Crippen molar-refractivity contribution in [3.05, 3.63) is 69.8 Å². The number of aromatic amines is 2. The van der Waals surface area contributed by atoms with Crippen molar-refractivity contribution in [2.75, 3.05) is 0 Å². The molecule has 8 heteroatoms. The summed E-state index contributed by atoms with van der Waals surface area (Å²) in [6.07, 6.45) is 8.22. The minimum Gasteiger partial charge on any atom is -0.356 e. The standard InChI is InChI=1S/C21H18N6O2/c1-12-13(4-2-7-22-12)19(28)15-10-24-18-14(15)6-9-27(21(18)29)11-17-25-16-5-3-8-23-20(16)26-17/h3,5-10,24H,2,4,11H2,1H3,(H,23,25,26). The third-order valence-electron chi connectivity index (χ3n) is 5.21. The lowest BCUT2D eigenvalue weighted by Gasteiger charge is -2.11. The Hall–Kier alpha value is -3.81. The highest BCUT2D eigenvalue weighted by Crippen LogP contribution is 2.25. The molecular formula is C21H18N6O2. The second kappa shape index (κ2) is 6.66. The Morgan fingerprint density at radius 3 is 3.03 bits per heavy atom. The monoisotopic (exact) mass is 386 g/mol. The maximum absolute atomic E-state index is 13.0. The van der Waals surface area contributed by atoms with Gasteiger partial charge < -0.3 is 14.5 Å². The van der Waals surface area contributed by atoms with Crippen LogP contribution in [0.1, 0.15) is 35.9 Å². The molecule has 0 unspecified atom stereocenters. The maximum Gasteiger partial charge on any atom is 0.275 e. The van der Waals surface area contributed by atoms with Crippen molar-refractivity contribution in [3.8, 4) is 0 Å². The Bertz CT molecular complexity index is 1350. The molecule has 1 aliphatic heterocycles. The van der Waals surface area contributed by atoms with Gasteiger partial charge in [0.2, 0.25) is 0 Å². The van der Waals surface area contributed by atoms with Crippen LogP contribution in [0.25, 0.3) is 22.1 Å². The largest absolute Gasteiger partial charge is 0.356 e. The number of aromatic nitrogens is 5. The Morgan fingerprint density at radius 1 is 1.31 bits per heavy atom. The SMILES string of the molecule is CC1=C(C(=O)c2c[nH]c3c(=O)n(Cc4nc5ncccc5[nH]4)ccc23)CCC=N1. The molecule has 1 aliphatic rings. The number of rotatable bonds is 4. The maximum atomic E-state index is 13.0. The van der Waals surface area contributed by atoms with Gasteiger partial charge in [-0.25, -0.2) is 9.97 Å². The van der Waals surface area contributed by atoms with Crippen LogP contribution in [0.3, 0.4) is 0 Å². The molecule has 0 atom stereocenters. The summed E-state index contributed by atoms with van der Waals surface area (Å²) in [5.74, 6) is 0.565. The van der Waals surface area contributed by atoms with E-state index in [1.807, 2.05) is 25.3 Å². The van der Waals surface area contributed by atoms with Gasteiger partial charge in [-0.3, -0.25) is 14.6 Å². The fraction of sp³-hybridized carbons (Fsp3) is 0.190. The van der Waals surface area contributed by atoms with Gasteiger partial charge in [-0.05, 0) is 38.0 Å². The van der Waals surface area contributed by atoms with E-state index in [9.17, 15) is 9.59 Å². The molecule has 5 heterocycles. The lowest BCUT2D eigenvalue weighted by molar-refractivity contribution is 0.103. The molecule has 4 aromatic heterocycles. The number of allylic oxidation sites excluding steroid dienone is 2. The molecule has 0 saturated heterocycles. The molecule has 2 N–H and O–H groups in total. The zero-order valence-corrected chi connectivity index (χ0v) is 15.8. The van der Waals surface area contributed by atoms with Crippen molar-refractivity contribution in [3.63, 3.8) is 0 Å². The Kier molecular flexibility index (Phi) is 3.97. The van der Waals surface area contributed by atoms with Gasteiger partial charge in [0.05, 0.1) is 12.1 Å². The van der Waals surface area contributed by atoms with E-state index < -0.39 is 0 Å². The van der Waals surface area contributed by atoms with Crippen molar-refractivity contribution in [2.45, 2.75) is 26.3 Å². The van der Waals surface area contributed by atoms with E-state index in [0.717, 1.165) is 17.6 Å². The highest BCUT2D eigenvalue weighted by molar-refractivity contribution is 6.16. The van der Waals surface area contributed by atoms with Crippen LogP contribution in [0.5, 0.6) is 0 Å². The zero-order chi connectivity index (χ0) is 20.0. The molecule has 144 valence electrons. The number of carbonyl (C=O) groups is 1. The van der Waals surface area contributed by atoms with E-state index in [1.54, 1.807) is 29.2 Å². The quantitative estimate of drug-likeness (QED) is 0.526. The smallest absolute Gasteiger partial charge is 0.275 e. The number of Topliss-reactive ketones (excluding diaryl/α,β-unsaturated/α-hetero) is 1. The zero-order valence-electron chi connectivity index (χ0n) is 15.8. The van der Waals surface area contributed by atoms with Crippen LogP contribution in [-0.2, 0) is 6.54 Å². The third kappa shape index (κ3) is 2.89. The lowest BCUT2D eigenvalue weighted by Crippen LogP contribution is -2.20. The molecule has 5 rings (SSSR count). The molecule has 0 amide bonds. The number of hydrogen-bond acceptors (Lipinski definition) is 5.